The van der Waals surface area contributed by atoms with Crippen molar-refractivity contribution >= 4 is 38.9 Å². The van der Waals surface area contributed by atoms with E-state index < -0.39 is 21.9 Å². The van der Waals surface area contributed by atoms with Crippen LogP contribution < -0.4 is 16.2 Å². The number of benzene rings is 2. The monoisotopic (exact) mass is 576 g/mol. The lowest BCUT2D eigenvalue weighted by Crippen LogP contribution is -2.61. The van der Waals surface area contributed by atoms with Crippen LogP contribution in [-0.2, 0) is 15.6 Å². The molecule has 216 valence electrons. The maximum absolute atomic E-state index is 13.5. The molecule has 2 aliphatic heterocycles. The number of rotatable bonds is 5. The van der Waals surface area contributed by atoms with Gasteiger partial charge >= 0.3 is 0 Å². The van der Waals surface area contributed by atoms with E-state index in [1.165, 1.54) is 0 Å². The van der Waals surface area contributed by atoms with Gasteiger partial charge in [0.2, 0.25) is 5.91 Å². The first-order valence-electron chi connectivity index (χ1n) is 14.0. The van der Waals surface area contributed by atoms with E-state index in [-0.39, 0.29) is 22.6 Å². The standard InChI is InChI=1S/C29H36N8O3S/c1-18-5-8-24(19(2)15-18)41(40)27-25-31-26(38)22-7-6-21(16-23(22)37(25)33-32-27)34-11-13-36(14-12-34)29(3,4)28(39)35-10-9-20(30)17-35/h5-8,15-16,20,33H,9-14,17,30H2,1-4H3. The van der Waals surface area contributed by atoms with Gasteiger partial charge in [0, 0.05) is 55.9 Å². The van der Waals surface area contributed by atoms with E-state index in [4.69, 9.17) is 5.73 Å². The molecule has 2 aliphatic rings. The zero-order valence-corrected chi connectivity index (χ0v) is 24.7. The van der Waals surface area contributed by atoms with Gasteiger partial charge < -0.3 is 15.5 Å². The van der Waals surface area contributed by atoms with Gasteiger partial charge in [0.15, 0.2) is 10.7 Å². The number of carbonyl (C=O) groups excluding carboxylic acids is 1. The average Bonchev–Trinajstić information content (AvgIpc) is 3.58. The van der Waals surface area contributed by atoms with Crippen LogP contribution in [-0.4, -0.2) is 90.6 Å². The Kier molecular flexibility index (Phi) is 6.95. The Hall–Kier alpha value is -3.61. The van der Waals surface area contributed by atoms with Crippen molar-refractivity contribution < 1.29 is 9.00 Å². The van der Waals surface area contributed by atoms with Gasteiger partial charge in [-0.2, -0.15) is 4.98 Å². The number of aryl methyl sites for hydroxylation is 2. The van der Waals surface area contributed by atoms with Crippen LogP contribution in [0, 0.1) is 13.8 Å². The van der Waals surface area contributed by atoms with Crippen molar-refractivity contribution in [2.45, 2.75) is 55.6 Å². The van der Waals surface area contributed by atoms with Crippen molar-refractivity contribution in [3.05, 3.63) is 57.9 Å². The summed E-state index contributed by atoms with van der Waals surface area (Å²) in [5, 5.41) is 7.94. The van der Waals surface area contributed by atoms with Crippen LogP contribution >= 0.6 is 0 Å². The van der Waals surface area contributed by atoms with E-state index in [1.807, 2.05) is 62.9 Å². The summed E-state index contributed by atoms with van der Waals surface area (Å²) in [4.78, 5) is 37.6. The summed E-state index contributed by atoms with van der Waals surface area (Å²) in [6, 6.07) is 11.4. The first-order valence-corrected chi connectivity index (χ1v) is 15.1. The highest BCUT2D eigenvalue weighted by atomic mass is 32.2. The molecule has 11 nitrogen and oxygen atoms in total. The fourth-order valence-corrected chi connectivity index (χ4v) is 7.22. The Balaban J connectivity index is 1.26. The molecular weight excluding hydrogens is 540 g/mol. The largest absolute Gasteiger partial charge is 0.369 e. The molecule has 4 heterocycles. The van der Waals surface area contributed by atoms with E-state index in [9.17, 15) is 13.8 Å². The lowest BCUT2D eigenvalue weighted by Gasteiger charge is -2.45. The third-order valence-electron chi connectivity index (χ3n) is 8.49. The lowest BCUT2D eigenvalue weighted by atomic mass is 9.99. The van der Waals surface area contributed by atoms with E-state index in [0.717, 1.165) is 56.0 Å². The molecule has 0 saturated carbocycles. The first kappa shape index (κ1) is 27.6. The van der Waals surface area contributed by atoms with E-state index in [0.29, 0.717) is 22.3 Å². The molecule has 2 fully saturated rings. The zero-order valence-electron chi connectivity index (χ0n) is 23.9. The van der Waals surface area contributed by atoms with Crippen molar-refractivity contribution in [1.29, 1.82) is 0 Å². The predicted octanol–water partition coefficient (Wildman–Crippen LogP) is 1.81. The molecule has 2 aromatic carbocycles. The number of nitrogens with one attached hydrogen (secondary N) is 1. The highest BCUT2D eigenvalue weighted by Crippen LogP contribution is 2.28. The number of aromatic amines is 1. The second kappa shape index (κ2) is 10.3. The molecule has 2 atom stereocenters. The smallest absolute Gasteiger partial charge is 0.281 e. The Morgan fingerprint density at radius 1 is 1.07 bits per heavy atom. The van der Waals surface area contributed by atoms with Gasteiger partial charge in [-0.1, -0.05) is 17.7 Å². The molecule has 2 unspecified atom stereocenters. The summed E-state index contributed by atoms with van der Waals surface area (Å²) < 4.78 is 15.1. The topological polar surface area (TPSA) is 133 Å². The summed E-state index contributed by atoms with van der Waals surface area (Å²) in [7, 11) is -1.61. The van der Waals surface area contributed by atoms with Crippen LogP contribution in [0.5, 0.6) is 0 Å². The number of hydrogen-bond donors (Lipinski definition) is 2. The zero-order chi connectivity index (χ0) is 29.1. The number of nitrogens with zero attached hydrogens (tertiary/aromatic N) is 6. The van der Waals surface area contributed by atoms with Crippen LogP contribution in [0.4, 0.5) is 5.69 Å². The van der Waals surface area contributed by atoms with E-state index >= 15 is 0 Å². The number of carbonyl (C=O) groups is 1. The molecule has 3 N–H and O–H groups in total. The van der Waals surface area contributed by atoms with E-state index in [2.05, 4.69) is 25.1 Å². The minimum atomic E-state index is -1.61. The molecule has 41 heavy (non-hydrogen) atoms. The van der Waals surface area contributed by atoms with E-state index in [1.54, 1.807) is 10.6 Å². The molecule has 1 amide bonds. The highest BCUT2D eigenvalue weighted by Gasteiger charge is 2.40. The molecule has 0 bridgehead atoms. The van der Waals surface area contributed by atoms with Gasteiger partial charge in [0.25, 0.3) is 5.56 Å². The second-order valence-electron chi connectivity index (χ2n) is 11.7. The Morgan fingerprint density at radius 2 is 1.83 bits per heavy atom. The lowest BCUT2D eigenvalue weighted by molar-refractivity contribution is -0.142. The van der Waals surface area contributed by atoms with Gasteiger partial charge in [-0.3, -0.25) is 14.5 Å². The van der Waals surface area contributed by atoms with Crippen LogP contribution in [0.15, 0.2) is 51.1 Å². The number of piperazine rings is 1. The van der Waals surface area contributed by atoms with Crippen LogP contribution in [0.25, 0.3) is 16.6 Å². The van der Waals surface area contributed by atoms with Crippen molar-refractivity contribution in [2.24, 2.45) is 5.73 Å². The Labute approximate surface area is 240 Å². The van der Waals surface area contributed by atoms with Crippen molar-refractivity contribution in [1.82, 2.24) is 29.6 Å². The van der Waals surface area contributed by atoms with Crippen molar-refractivity contribution in [3.63, 3.8) is 0 Å². The number of anilines is 1. The minimum absolute atomic E-state index is 0.0614. The Morgan fingerprint density at radius 3 is 2.51 bits per heavy atom. The fourth-order valence-electron chi connectivity index (χ4n) is 6.05. The summed E-state index contributed by atoms with van der Waals surface area (Å²) >= 11 is 0. The maximum Gasteiger partial charge on any atom is 0.281 e. The number of aromatic nitrogens is 4. The molecule has 4 aromatic rings. The quantitative estimate of drug-likeness (QED) is 0.368. The molecule has 2 saturated heterocycles. The van der Waals surface area contributed by atoms with Gasteiger partial charge in [0.05, 0.1) is 16.4 Å². The van der Waals surface area contributed by atoms with Gasteiger partial charge in [-0.25, -0.2) is 13.9 Å². The third-order valence-corrected chi connectivity index (χ3v) is 9.97. The molecule has 2 aromatic heterocycles. The SMILES string of the molecule is Cc1ccc(S(=O)c2n[nH]n3c2nc(=O)c2ccc(N4CCN(C(C)(C)C(=O)N5CCC(N)C5)CC4)cc23)c(C)c1. The molecule has 0 radical (unpaired) electrons. The number of H-pyrrole nitrogens is 1. The molecule has 0 spiro atoms. The molecule has 6 rings (SSSR count). The van der Waals surface area contributed by atoms with Crippen LogP contribution in [0.3, 0.4) is 0 Å². The molecular formula is C29H36N8O3S. The second-order valence-corrected chi connectivity index (χ2v) is 13.0. The number of fused-ring (bicyclic) bond motifs is 3. The van der Waals surface area contributed by atoms with Crippen LogP contribution in [0.2, 0.25) is 0 Å². The van der Waals surface area contributed by atoms with Crippen molar-refractivity contribution in [2.75, 3.05) is 44.2 Å². The summed E-state index contributed by atoms with van der Waals surface area (Å²) in [6.07, 6.45) is 0.850. The summed E-state index contributed by atoms with van der Waals surface area (Å²) in [5.41, 5.74) is 8.85. The number of likely N-dealkylation sites (tertiary alicyclic amines) is 1. The predicted molar refractivity (Wildman–Crippen MR) is 159 cm³/mol. The third kappa shape index (κ3) is 4.83. The van der Waals surface area contributed by atoms with Gasteiger partial charge in [-0.05, 0) is 63.9 Å². The van der Waals surface area contributed by atoms with Crippen LogP contribution in [0.1, 0.15) is 31.4 Å². The van der Waals surface area contributed by atoms with Gasteiger partial charge in [-0.15, -0.1) is 5.10 Å². The number of amides is 1. The van der Waals surface area contributed by atoms with Crippen molar-refractivity contribution in [3.8, 4) is 0 Å². The van der Waals surface area contributed by atoms with Gasteiger partial charge in [0.1, 0.15) is 10.8 Å². The fraction of sp³-hybridized carbons (Fsp3) is 0.448. The molecule has 12 heteroatoms. The number of hydrogen-bond acceptors (Lipinski definition) is 8. The maximum atomic E-state index is 13.5. The summed E-state index contributed by atoms with van der Waals surface area (Å²) in [5.74, 6) is 0.132. The normalized spacial score (nSPS) is 19.4. The average molecular weight is 577 g/mol. The summed E-state index contributed by atoms with van der Waals surface area (Å²) in [6.45, 7) is 12.2. The number of nitrogens with two attached hydrogens (primary N) is 1. The first-order chi connectivity index (χ1) is 19.5. The Bertz CT molecular complexity index is 1740. The highest BCUT2D eigenvalue weighted by molar-refractivity contribution is 7.85. The molecule has 0 aliphatic carbocycles. The minimum Gasteiger partial charge on any atom is -0.369 e.